The van der Waals surface area contributed by atoms with Crippen molar-refractivity contribution in [2.45, 2.75) is 13.5 Å². The van der Waals surface area contributed by atoms with E-state index in [1.165, 1.54) is 18.1 Å². The van der Waals surface area contributed by atoms with Crippen LogP contribution in [0.2, 0.25) is 0 Å². The number of furan rings is 1. The van der Waals surface area contributed by atoms with E-state index >= 15 is 0 Å². The quantitative estimate of drug-likeness (QED) is 0.622. The van der Waals surface area contributed by atoms with Gasteiger partial charge in [0.1, 0.15) is 11.5 Å². The molecule has 7 nitrogen and oxygen atoms in total. The molecule has 1 aliphatic heterocycles. The summed E-state index contributed by atoms with van der Waals surface area (Å²) in [4.78, 5) is 40.9. The predicted molar refractivity (Wildman–Crippen MR) is 117 cm³/mol. The van der Waals surface area contributed by atoms with Crippen molar-refractivity contribution in [2.75, 3.05) is 17.3 Å². The summed E-state index contributed by atoms with van der Waals surface area (Å²) in [6.45, 7) is 1.47. The monoisotopic (exact) mass is 415 g/mol. The zero-order valence-electron chi connectivity index (χ0n) is 17.2. The van der Waals surface area contributed by atoms with Crippen LogP contribution < -0.4 is 10.2 Å². The fourth-order valence-electron chi connectivity index (χ4n) is 3.54. The van der Waals surface area contributed by atoms with Crippen molar-refractivity contribution in [3.63, 3.8) is 0 Å². The summed E-state index contributed by atoms with van der Waals surface area (Å²) < 4.78 is 5.35. The summed E-state index contributed by atoms with van der Waals surface area (Å²) in [6.07, 6.45) is 1.51. The molecule has 0 aliphatic carbocycles. The molecule has 0 unspecified atom stereocenters. The zero-order valence-corrected chi connectivity index (χ0v) is 17.2. The molecule has 2 aromatic carbocycles. The van der Waals surface area contributed by atoms with Gasteiger partial charge in [-0.25, -0.2) is 0 Å². The molecule has 1 N–H and O–H groups in total. The first kappa shape index (κ1) is 20.2. The zero-order chi connectivity index (χ0) is 22.0. The number of hydrogen-bond acceptors (Lipinski definition) is 5. The summed E-state index contributed by atoms with van der Waals surface area (Å²) in [5.74, 6) is -0.459. The number of benzene rings is 2. The lowest BCUT2D eigenvalue weighted by Gasteiger charge is -2.21. The van der Waals surface area contributed by atoms with Gasteiger partial charge in [-0.1, -0.05) is 30.3 Å². The first-order chi connectivity index (χ1) is 15.0. The molecule has 1 aromatic heterocycles. The Morgan fingerprint density at radius 2 is 1.68 bits per heavy atom. The Bertz CT molecular complexity index is 1150. The molecule has 4 rings (SSSR count). The molecule has 1 aliphatic rings. The lowest BCUT2D eigenvalue weighted by molar-refractivity contribution is -0.137. The van der Waals surface area contributed by atoms with Gasteiger partial charge in [-0.3, -0.25) is 19.3 Å². The second-order valence-electron chi connectivity index (χ2n) is 7.15. The number of para-hydroxylation sites is 1. The Morgan fingerprint density at radius 3 is 2.29 bits per heavy atom. The highest BCUT2D eigenvalue weighted by molar-refractivity contribution is 6.36. The number of carbonyl (C=O) groups is 3. The van der Waals surface area contributed by atoms with Gasteiger partial charge < -0.3 is 14.6 Å². The number of nitrogens with zero attached hydrogens (tertiary/aromatic N) is 2. The fourth-order valence-corrected chi connectivity index (χ4v) is 3.54. The summed E-state index contributed by atoms with van der Waals surface area (Å²) in [6, 6.07) is 19.7. The first-order valence-corrected chi connectivity index (χ1v) is 9.75. The van der Waals surface area contributed by atoms with Gasteiger partial charge in [0.15, 0.2) is 0 Å². The van der Waals surface area contributed by atoms with Crippen molar-refractivity contribution in [3.05, 3.63) is 90.0 Å². The van der Waals surface area contributed by atoms with E-state index < -0.39 is 11.8 Å². The topological polar surface area (TPSA) is 82.9 Å². The van der Waals surface area contributed by atoms with Crippen LogP contribution in [-0.4, -0.2) is 29.7 Å². The van der Waals surface area contributed by atoms with Gasteiger partial charge in [-0.2, -0.15) is 0 Å². The maximum atomic E-state index is 13.4. The molecule has 0 radical (unpaired) electrons. The molecule has 2 heterocycles. The Balaban J connectivity index is 1.77. The summed E-state index contributed by atoms with van der Waals surface area (Å²) in [5.41, 5.74) is 2.57. The van der Waals surface area contributed by atoms with Crippen LogP contribution >= 0.6 is 0 Å². The third-order valence-electron chi connectivity index (χ3n) is 5.01. The number of hydrogen-bond donors (Lipinski definition) is 1. The van der Waals surface area contributed by atoms with Crippen molar-refractivity contribution in [3.8, 4) is 0 Å². The second kappa shape index (κ2) is 8.31. The molecule has 3 aromatic rings. The average molecular weight is 415 g/mol. The highest BCUT2D eigenvalue weighted by Crippen LogP contribution is 2.34. The summed E-state index contributed by atoms with van der Waals surface area (Å²) in [7, 11) is 1.76. The molecular weight excluding hydrogens is 394 g/mol. The molecule has 0 saturated carbocycles. The van der Waals surface area contributed by atoms with Crippen LogP contribution in [0.15, 0.2) is 83.1 Å². The minimum absolute atomic E-state index is 0.0459. The standard InChI is InChI=1S/C24H21N3O4/c1-16(28)25-18-12-10-17(11-13-18)21-22(26(2)19-7-4-3-5-8-19)24(30)27(23(21)29)15-20-9-6-14-31-20/h3-14H,15H2,1-2H3,(H,25,28). The fraction of sp³-hybridized carbons (Fsp3) is 0.125. The van der Waals surface area contributed by atoms with E-state index in [4.69, 9.17) is 4.42 Å². The number of amides is 3. The van der Waals surface area contributed by atoms with Crippen molar-refractivity contribution < 1.29 is 18.8 Å². The Labute approximate surface area is 179 Å². The van der Waals surface area contributed by atoms with Crippen LogP contribution in [0.4, 0.5) is 11.4 Å². The molecule has 3 amide bonds. The van der Waals surface area contributed by atoms with Gasteiger partial charge in [0.05, 0.1) is 18.4 Å². The van der Waals surface area contributed by atoms with E-state index in [9.17, 15) is 14.4 Å². The van der Waals surface area contributed by atoms with E-state index in [1.54, 1.807) is 48.3 Å². The van der Waals surface area contributed by atoms with Crippen LogP contribution in [0.1, 0.15) is 18.2 Å². The summed E-state index contributed by atoms with van der Waals surface area (Å²) in [5, 5.41) is 2.70. The van der Waals surface area contributed by atoms with Crippen LogP contribution in [-0.2, 0) is 20.9 Å². The lowest BCUT2D eigenvalue weighted by Crippen LogP contribution is -2.33. The van der Waals surface area contributed by atoms with E-state index in [0.717, 1.165) is 5.69 Å². The van der Waals surface area contributed by atoms with Gasteiger partial charge in [0.2, 0.25) is 5.91 Å². The summed E-state index contributed by atoms with van der Waals surface area (Å²) >= 11 is 0. The molecule has 0 fully saturated rings. The van der Waals surface area contributed by atoms with Crippen LogP contribution in [0.5, 0.6) is 0 Å². The maximum absolute atomic E-state index is 13.4. The van der Waals surface area contributed by atoms with Gasteiger partial charge in [-0.05, 0) is 42.0 Å². The average Bonchev–Trinajstić information content (AvgIpc) is 3.36. The molecule has 0 atom stereocenters. The van der Waals surface area contributed by atoms with Gasteiger partial charge in [0.25, 0.3) is 11.8 Å². The van der Waals surface area contributed by atoms with E-state index in [2.05, 4.69) is 5.32 Å². The number of imide groups is 1. The number of likely N-dealkylation sites (N-methyl/N-ethyl adjacent to an activating group) is 1. The maximum Gasteiger partial charge on any atom is 0.278 e. The Kier molecular flexibility index (Phi) is 5.41. The van der Waals surface area contributed by atoms with Crippen molar-refractivity contribution in [2.24, 2.45) is 0 Å². The number of anilines is 2. The second-order valence-corrected chi connectivity index (χ2v) is 7.15. The largest absolute Gasteiger partial charge is 0.467 e. The Morgan fingerprint density at radius 1 is 0.968 bits per heavy atom. The molecule has 0 bridgehead atoms. The van der Waals surface area contributed by atoms with Crippen LogP contribution in [0.25, 0.3) is 5.57 Å². The minimum atomic E-state index is -0.397. The first-order valence-electron chi connectivity index (χ1n) is 9.75. The number of carbonyl (C=O) groups excluding carboxylic acids is 3. The minimum Gasteiger partial charge on any atom is -0.467 e. The molecule has 7 heteroatoms. The van der Waals surface area contributed by atoms with Crippen molar-refractivity contribution in [1.82, 2.24) is 4.90 Å². The van der Waals surface area contributed by atoms with Crippen molar-refractivity contribution >= 4 is 34.7 Å². The normalized spacial score (nSPS) is 13.7. The Hall–Kier alpha value is -4.13. The third-order valence-corrected chi connectivity index (χ3v) is 5.01. The van der Waals surface area contributed by atoms with E-state index in [1.807, 2.05) is 30.3 Å². The van der Waals surface area contributed by atoms with E-state index in [-0.39, 0.29) is 18.1 Å². The molecule has 31 heavy (non-hydrogen) atoms. The SMILES string of the molecule is CC(=O)Nc1ccc(C2=C(N(C)c3ccccc3)C(=O)N(Cc3ccco3)C2=O)cc1. The van der Waals surface area contributed by atoms with Gasteiger partial charge in [-0.15, -0.1) is 0 Å². The molecule has 0 saturated heterocycles. The smallest absolute Gasteiger partial charge is 0.278 e. The van der Waals surface area contributed by atoms with Gasteiger partial charge in [0, 0.05) is 25.3 Å². The highest BCUT2D eigenvalue weighted by Gasteiger charge is 2.41. The number of nitrogens with one attached hydrogen (secondary N) is 1. The predicted octanol–water partition coefficient (Wildman–Crippen LogP) is 3.65. The number of rotatable bonds is 6. The van der Waals surface area contributed by atoms with E-state index in [0.29, 0.717) is 22.6 Å². The lowest BCUT2D eigenvalue weighted by atomic mass is 10.0. The highest BCUT2D eigenvalue weighted by atomic mass is 16.3. The van der Waals surface area contributed by atoms with Gasteiger partial charge >= 0.3 is 0 Å². The third kappa shape index (κ3) is 3.98. The van der Waals surface area contributed by atoms with Crippen LogP contribution in [0.3, 0.4) is 0 Å². The molecular formula is C24H21N3O4. The molecule has 156 valence electrons. The van der Waals surface area contributed by atoms with Crippen LogP contribution in [0, 0.1) is 0 Å². The van der Waals surface area contributed by atoms with Crippen molar-refractivity contribution in [1.29, 1.82) is 0 Å². The molecule has 0 spiro atoms.